The van der Waals surface area contributed by atoms with E-state index in [9.17, 15) is 9.59 Å². The van der Waals surface area contributed by atoms with Gasteiger partial charge in [-0.25, -0.2) is 14.8 Å². The number of carbonyl (C=O) groups is 2. The fourth-order valence-corrected chi connectivity index (χ4v) is 4.55. The largest absolute Gasteiger partial charge is 0.378 e. The average molecular weight is 490 g/mol. The van der Waals surface area contributed by atoms with Gasteiger partial charge in [-0.2, -0.15) is 0 Å². The van der Waals surface area contributed by atoms with Gasteiger partial charge in [-0.05, 0) is 36.8 Å². The number of morpholine rings is 1. The molecule has 0 saturated carbocycles. The van der Waals surface area contributed by atoms with E-state index in [0.29, 0.717) is 26.3 Å². The summed E-state index contributed by atoms with van der Waals surface area (Å²) in [5.74, 6) is 0.972. The highest BCUT2D eigenvalue weighted by Gasteiger charge is 2.21. The molecule has 10 nitrogen and oxygen atoms in total. The molecule has 1 aromatic carbocycles. The molecule has 0 bridgehead atoms. The van der Waals surface area contributed by atoms with Gasteiger partial charge in [-0.1, -0.05) is 18.2 Å². The van der Waals surface area contributed by atoms with Crippen molar-refractivity contribution in [3.8, 4) is 11.3 Å². The first-order valence-corrected chi connectivity index (χ1v) is 12.3. The summed E-state index contributed by atoms with van der Waals surface area (Å²) in [6.07, 6.45) is 5.06. The number of aromatic nitrogens is 3. The Balaban J connectivity index is 1.20. The number of urea groups is 1. The highest BCUT2D eigenvalue weighted by molar-refractivity contribution is 5.93. The summed E-state index contributed by atoms with van der Waals surface area (Å²) in [4.78, 5) is 42.4. The lowest BCUT2D eigenvalue weighted by molar-refractivity contribution is -0.112. The smallest absolute Gasteiger partial charge is 0.321 e. The Labute approximate surface area is 209 Å². The minimum absolute atomic E-state index is 0.0509. The number of amides is 2. The first-order chi connectivity index (χ1) is 17.6. The Hall–Kier alpha value is -3.76. The Morgan fingerprint density at radius 2 is 1.81 bits per heavy atom. The summed E-state index contributed by atoms with van der Waals surface area (Å²) >= 11 is 0. The Bertz CT molecular complexity index is 1240. The van der Waals surface area contributed by atoms with E-state index in [2.05, 4.69) is 36.1 Å². The van der Waals surface area contributed by atoms with E-state index in [0.717, 1.165) is 66.5 Å². The summed E-state index contributed by atoms with van der Waals surface area (Å²) in [7, 11) is 0. The number of fused-ring (bicyclic) bond motifs is 1. The van der Waals surface area contributed by atoms with Crippen molar-refractivity contribution >= 4 is 34.4 Å². The van der Waals surface area contributed by atoms with Gasteiger partial charge < -0.3 is 24.8 Å². The predicted octanol–water partition coefficient (Wildman–Crippen LogP) is 2.76. The fourth-order valence-electron chi connectivity index (χ4n) is 4.55. The molecule has 3 aromatic rings. The number of ether oxygens (including phenoxy) is 1. The molecule has 2 N–H and O–H groups in total. The molecule has 2 aliphatic rings. The summed E-state index contributed by atoms with van der Waals surface area (Å²) < 4.78 is 5.47. The van der Waals surface area contributed by atoms with E-state index >= 15 is 0 Å². The van der Waals surface area contributed by atoms with Crippen molar-refractivity contribution < 1.29 is 14.3 Å². The van der Waals surface area contributed by atoms with Crippen molar-refractivity contribution in [1.82, 2.24) is 24.8 Å². The molecule has 0 unspecified atom stereocenters. The molecule has 4 heterocycles. The van der Waals surface area contributed by atoms with E-state index in [1.807, 2.05) is 35.2 Å². The topological polar surface area (TPSA) is 107 Å². The Kier molecular flexibility index (Phi) is 7.24. The van der Waals surface area contributed by atoms with Gasteiger partial charge in [0.15, 0.2) is 5.78 Å². The van der Waals surface area contributed by atoms with Gasteiger partial charge >= 0.3 is 6.03 Å². The Morgan fingerprint density at radius 3 is 2.53 bits per heavy atom. The van der Waals surface area contributed by atoms with Gasteiger partial charge in [-0.3, -0.25) is 9.69 Å². The molecule has 10 heteroatoms. The molecule has 5 rings (SSSR count). The maximum absolute atomic E-state index is 12.7. The van der Waals surface area contributed by atoms with Crippen LogP contribution in [-0.2, 0) is 9.53 Å². The molecule has 2 aliphatic heterocycles. The number of benzene rings is 1. The van der Waals surface area contributed by atoms with Crippen LogP contribution >= 0.6 is 0 Å². The lowest BCUT2D eigenvalue weighted by atomic mass is 10.1. The van der Waals surface area contributed by atoms with Gasteiger partial charge in [0.1, 0.15) is 17.8 Å². The van der Waals surface area contributed by atoms with Crippen molar-refractivity contribution in [2.24, 2.45) is 0 Å². The maximum Gasteiger partial charge on any atom is 0.321 e. The second kappa shape index (κ2) is 10.9. The fraction of sp³-hybridized carbons (Fsp3) is 0.385. The second-order valence-corrected chi connectivity index (χ2v) is 9.05. The number of nitrogens with one attached hydrogen (secondary N) is 2. The van der Waals surface area contributed by atoms with Gasteiger partial charge in [0, 0.05) is 57.2 Å². The van der Waals surface area contributed by atoms with Crippen LogP contribution in [0.15, 0.2) is 48.8 Å². The van der Waals surface area contributed by atoms with Crippen molar-refractivity contribution in [1.29, 1.82) is 0 Å². The van der Waals surface area contributed by atoms with Crippen LogP contribution in [-0.4, -0.2) is 95.6 Å². The zero-order valence-corrected chi connectivity index (χ0v) is 20.4. The lowest BCUT2D eigenvalue weighted by Crippen LogP contribution is -2.49. The predicted molar refractivity (Wildman–Crippen MR) is 139 cm³/mol. The highest BCUT2D eigenvalue weighted by Crippen LogP contribution is 2.29. The molecular formula is C26H31N7O3. The second-order valence-electron chi connectivity index (χ2n) is 9.05. The number of hydrogen-bond donors (Lipinski definition) is 2. The quantitative estimate of drug-likeness (QED) is 0.513. The number of ketones is 1. The molecular weight excluding hydrogens is 458 g/mol. The van der Waals surface area contributed by atoms with E-state index in [1.54, 1.807) is 19.3 Å². The third kappa shape index (κ3) is 5.55. The van der Waals surface area contributed by atoms with Gasteiger partial charge in [0.05, 0.1) is 18.6 Å². The summed E-state index contributed by atoms with van der Waals surface area (Å²) in [5, 5.41) is 3.99. The molecule has 2 amide bonds. The number of aromatic amines is 1. The molecule has 2 fully saturated rings. The monoisotopic (exact) mass is 489 g/mol. The molecule has 2 aromatic heterocycles. The molecule has 0 atom stereocenters. The summed E-state index contributed by atoms with van der Waals surface area (Å²) in [6, 6.07) is 9.78. The van der Waals surface area contributed by atoms with Crippen LogP contribution in [0.1, 0.15) is 6.92 Å². The van der Waals surface area contributed by atoms with Crippen LogP contribution in [0.4, 0.5) is 16.3 Å². The van der Waals surface area contributed by atoms with Crippen molar-refractivity contribution in [2.45, 2.75) is 6.92 Å². The Morgan fingerprint density at radius 1 is 1.06 bits per heavy atom. The SMILES string of the molecule is CC(=O)/C=C/CN1CCN(C(=O)Nc2ccc(-c3cc4c(N5CCOCC5)ncnc4[nH]3)cc2)CC1. The highest BCUT2D eigenvalue weighted by atomic mass is 16.5. The molecule has 188 valence electrons. The molecule has 0 spiro atoms. The van der Waals surface area contributed by atoms with Crippen molar-refractivity contribution in [2.75, 3.05) is 69.2 Å². The molecule has 0 aliphatic carbocycles. The van der Waals surface area contributed by atoms with Gasteiger partial charge in [0.25, 0.3) is 0 Å². The van der Waals surface area contributed by atoms with Crippen molar-refractivity contribution in [3.63, 3.8) is 0 Å². The van der Waals surface area contributed by atoms with Crippen LogP contribution in [0.5, 0.6) is 0 Å². The lowest BCUT2D eigenvalue weighted by Gasteiger charge is -2.34. The van der Waals surface area contributed by atoms with Gasteiger partial charge in [0.2, 0.25) is 0 Å². The maximum atomic E-state index is 12.7. The van der Waals surface area contributed by atoms with Crippen LogP contribution in [0, 0.1) is 0 Å². The zero-order chi connectivity index (χ0) is 24.9. The van der Waals surface area contributed by atoms with E-state index in [1.165, 1.54) is 0 Å². The molecule has 36 heavy (non-hydrogen) atoms. The van der Waals surface area contributed by atoms with E-state index < -0.39 is 0 Å². The number of piperazine rings is 1. The number of carbonyl (C=O) groups excluding carboxylic acids is 2. The number of anilines is 2. The first-order valence-electron chi connectivity index (χ1n) is 12.3. The standard InChI is InChI=1S/C26H31N7O3/c1-19(34)3-2-8-31-9-11-33(12-10-31)26(35)29-21-6-4-20(5-7-21)23-17-22-24(30-23)27-18-28-25(22)32-13-15-36-16-14-32/h2-7,17-18H,8-16H2,1H3,(H,29,35)(H,27,28,30)/b3-2+. The summed E-state index contributed by atoms with van der Waals surface area (Å²) in [5.41, 5.74) is 3.51. The zero-order valence-electron chi connectivity index (χ0n) is 20.4. The average Bonchev–Trinajstić information content (AvgIpc) is 3.34. The number of allylic oxidation sites excluding steroid dienone is 1. The van der Waals surface area contributed by atoms with Crippen LogP contribution < -0.4 is 10.2 Å². The van der Waals surface area contributed by atoms with Crippen molar-refractivity contribution in [3.05, 3.63) is 48.8 Å². The van der Waals surface area contributed by atoms with E-state index in [4.69, 9.17) is 4.74 Å². The number of nitrogens with zero attached hydrogens (tertiary/aromatic N) is 5. The van der Waals surface area contributed by atoms with Crippen LogP contribution in [0.3, 0.4) is 0 Å². The number of hydrogen-bond acceptors (Lipinski definition) is 7. The normalized spacial score (nSPS) is 17.1. The molecule has 0 radical (unpaired) electrons. The first kappa shape index (κ1) is 24.0. The minimum atomic E-state index is -0.0993. The van der Waals surface area contributed by atoms with Crippen LogP contribution in [0.25, 0.3) is 22.3 Å². The van der Waals surface area contributed by atoms with Crippen LogP contribution in [0.2, 0.25) is 0 Å². The molecule has 2 saturated heterocycles. The number of rotatable bonds is 6. The third-order valence-corrected chi connectivity index (χ3v) is 6.54. The summed E-state index contributed by atoms with van der Waals surface area (Å²) in [6.45, 7) is 8.16. The number of H-pyrrole nitrogens is 1. The third-order valence-electron chi connectivity index (χ3n) is 6.54. The minimum Gasteiger partial charge on any atom is -0.378 e. The van der Waals surface area contributed by atoms with E-state index in [-0.39, 0.29) is 11.8 Å². The van der Waals surface area contributed by atoms with Gasteiger partial charge in [-0.15, -0.1) is 0 Å².